The standard InChI is InChI=1S/C17H14O7/c1-16(10-6-12(18)23-13(10)19)7-11-14(20)24-15(21)17(11,22)9-5-3-2-4-8(9)16/h2-5,10-11,22H,6-7H2,1H3. The van der Waals surface area contributed by atoms with Gasteiger partial charge in [0.2, 0.25) is 5.60 Å². The van der Waals surface area contributed by atoms with E-state index in [0.29, 0.717) is 5.56 Å². The van der Waals surface area contributed by atoms with E-state index in [4.69, 9.17) is 0 Å². The third kappa shape index (κ3) is 1.65. The number of fused-ring (bicyclic) bond motifs is 3. The first-order chi connectivity index (χ1) is 11.3. The molecule has 7 nitrogen and oxygen atoms in total. The molecule has 0 amide bonds. The van der Waals surface area contributed by atoms with Crippen LogP contribution in [-0.2, 0) is 39.7 Å². The van der Waals surface area contributed by atoms with Gasteiger partial charge < -0.3 is 14.6 Å². The average molecular weight is 330 g/mol. The lowest BCUT2D eigenvalue weighted by molar-refractivity contribution is -0.159. The molecule has 1 aromatic carbocycles. The summed E-state index contributed by atoms with van der Waals surface area (Å²) in [5.41, 5.74) is -2.20. The highest BCUT2D eigenvalue weighted by molar-refractivity contribution is 6.03. The Morgan fingerprint density at radius 1 is 1.00 bits per heavy atom. The van der Waals surface area contributed by atoms with E-state index in [1.807, 2.05) is 0 Å². The molecule has 24 heavy (non-hydrogen) atoms. The summed E-state index contributed by atoms with van der Waals surface area (Å²) in [6.07, 6.45) is -0.0874. The van der Waals surface area contributed by atoms with E-state index in [1.165, 1.54) is 0 Å². The van der Waals surface area contributed by atoms with Gasteiger partial charge in [-0.25, -0.2) is 4.79 Å². The minimum absolute atomic E-state index is 0.0120. The number of benzene rings is 1. The van der Waals surface area contributed by atoms with E-state index in [2.05, 4.69) is 9.47 Å². The van der Waals surface area contributed by atoms with Crippen LogP contribution in [-0.4, -0.2) is 29.0 Å². The number of hydrogen-bond donors (Lipinski definition) is 1. The second-order valence-corrected chi connectivity index (χ2v) is 6.74. The Bertz CT molecular complexity index is 813. The molecule has 2 aliphatic heterocycles. The van der Waals surface area contributed by atoms with Gasteiger partial charge in [-0.05, 0) is 17.5 Å². The molecule has 4 rings (SSSR count). The zero-order valence-corrected chi connectivity index (χ0v) is 12.8. The first-order valence-electron chi connectivity index (χ1n) is 7.61. The average Bonchev–Trinajstić information content (AvgIpc) is 2.99. The van der Waals surface area contributed by atoms with Crippen LogP contribution in [0.25, 0.3) is 0 Å². The maximum absolute atomic E-state index is 12.1. The van der Waals surface area contributed by atoms with Crippen LogP contribution in [0.3, 0.4) is 0 Å². The Balaban J connectivity index is 1.94. The molecular weight excluding hydrogens is 316 g/mol. The van der Waals surface area contributed by atoms with Crippen molar-refractivity contribution in [1.29, 1.82) is 0 Å². The van der Waals surface area contributed by atoms with Gasteiger partial charge in [0.05, 0.1) is 12.3 Å². The maximum Gasteiger partial charge on any atom is 0.351 e. The van der Waals surface area contributed by atoms with Crippen molar-refractivity contribution >= 4 is 23.9 Å². The van der Waals surface area contributed by atoms with Crippen LogP contribution in [0.2, 0.25) is 0 Å². The molecule has 124 valence electrons. The predicted octanol–water partition coefficient (Wildman–Crippen LogP) is 0.325. The van der Waals surface area contributed by atoms with Crippen molar-refractivity contribution in [2.45, 2.75) is 30.8 Å². The highest BCUT2D eigenvalue weighted by Gasteiger charge is 2.66. The lowest BCUT2D eigenvalue weighted by atomic mass is 9.57. The van der Waals surface area contributed by atoms with Crippen molar-refractivity contribution in [2.24, 2.45) is 11.8 Å². The maximum atomic E-state index is 12.1. The fraction of sp³-hybridized carbons (Fsp3) is 0.412. The monoisotopic (exact) mass is 330 g/mol. The van der Waals surface area contributed by atoms with Gasteiger partial charge in [0.25, 0.3) is 0 Å². The fourth-order valence-electron chi connectivity index (χ4n) is 4.22. The zero-order valence-electron chi connectivity index (χ0n) is 12.8. The summed E-state index contributed by atoms with van der Waals surface area (Å²) in [5.74, 6) is -4.99. The third-order valence-electron chi connectivity index (χ3n) is 5.51. The van der Waals surface area contributed by atoms with Crippen molar-refractivity contribution in [1.82, 2.24) is 0 Å². The SMILES string of the molecule is CC1(C2CC(=O)OC2=O)CC2C(=O)OC(=O)C2(O)c2ccccc21. The first-order valence-corrected chi connectivity index (χ1v) is 7.61. The minimum Gasteiger partial charge on any atom is -0.393 e. The molecule has 0 saturated carbocycles. The van der Waals surface area contributed by atoms with Gasteiger partial charge in [0, 0.05) is 5.41 Å². The highest BCUT2D eigenvalue weighted by atomic mass is 16.6. The van der Waals surface area contributed by atoms with E-state index in [1.54, 1.807) is 31.2 Å². The molecule has 0 spiro atoms. The van der Waals surface area contributed by atoms with Crippen molar-refractivity contribution < 1.29 is 33.8 Å². The van der Waals surface area contributed by atoms with Crippen molar-refractivity contribution in [3.05, 3.63) is 35.4 Å². The Morgan fingerprint density at radius 2 is 1.62 bits per heavy atom. The Morgan fingerprint density at radius 3 is 2.25 bits per heavy atom. The molecule has 0 aromatic heterocycles. The molecule has 2 fully saturated rings. The molecule has 1 N–H and O–H groups in total. The quantitative estimate of drug-likeness (QED) is 0.584. The summed E-state index contributed by atoms with van der Waals surface area (Å²) in [5, 5.41) is 10.9. The van der Waals surface area contributed by atoms with Gasteiger partial charge in [-0.3, -0.25) is 14.4 Å². The lowest BCUT2D eigenvalue weighted by Crippen LogP contribution is -2.51. The summed E-state index contributed by atoms with van der Waals surface area (Å²) in [7, 11) is 0. The largest absolute Gasteiger partial charge is 0.393 e. The minimum atomic E-state index is -2.06. The Kier molecular flexibility index (Phi) is 2.82. The summed E-state index contributed by atoms with van der Waals surface area (Å²) in [6, 6.07) is 6.58. The fourth-order valence-corrected chi connectivity index (χ4v) is 4.22. The van der Waals surface area contributed by atoms with E-state index >= 15 is 0 Å². The number of ether oxygens (including phenoxy) is 2. The normalized spacial score (nSPS) is 37.8. The first kappa shape index (κ1) is 15.0. The van der Waals surface area contributed by atoms with Gasteiger partial charge in [-0.2, -0.15) is 0 Å². The molecule has 3 aliphatic rings. The summed E-state index contributed by atoms with van der Waals surface area (Å²) >= 11 is 0. The highest BCUT2D eigenvalue weighted by Crippen LogP contribution is 2.55. The number of cyclic esters (lactones) is 4. The molecule has 4 atom stereocenters. The zero-order chi connectivity index (χ0) is 17.3. The third-order valence-corrected chi connectivity index (χ3v) is 5.51. The van der Waals surface area contributed by atoms with Crippen LogP contribution in [0.1, 0.15) is 30.9 Å². The van der Waals surface area contributed by atoms with Crippen molar-refractivity contribution in [3.63, 3.8) is 0 Å². The molecule has 7 heteroatoms. The van der Waals surface area contributed by atoms with Gasteiger partial charge in [0.1, 0.15) is 5.92 Å². The van der Waals surface area contributed by atoms with Gasteiger partial charge in [-0.1, -0.05) is 31.2 Å². The van der Waals surface area contributed by atoms with Crippen LogP contribution >= 0.6 is 0 Å². The molecule has 0 bridgehead atoms. The number of rotatable bonds is 1. The van der Waals surface area contributed by atoms with Crippen LogP contribution in [0.4, 0.5) is 0 Å². The summed E-state index contributed by atoms with van der Waals surface area (Å²) in [4.78, 5) is 47.9. The topological polar surface area (TPSA) is 107 Å². The van der Waals surface area contributed by atoms with E-state index in [0.717, 1.165) is 0 Å². The van der Waals surface area contributed by atoms with Crippen molar-refractivity contribution in [3.8, 4) is 0 Å². The smallest absolute Gasteiger partial charge is 0.351 e. The van der Waals surface area contributed by atoms with Crippen LogP contribution in [0.5, 0.6) is 0 Å². The second kappa shape index (κ2) is 4.51. The van der Waals surface area contributed by atoms with Gasteiger partial charge in [0.15, 0.2) is 0 Å². The van der Waals surface area contributed by atoms with E-state index < -0.39 is 46.7 Å². The van der Waals surface area contributed by atoms with Gasteiger partial charge >= 0.3 is 23.9 Å². The molecule has 1 aromatic rings. The number of carbonyl (C=O) groups excluding carboxylic acids is 4. The lowest BCUT2D eigenvalue weighted by Gasteiger charge is -2.44. The molecular formula is C17H14O7. The predicted molar refractivity (Wildman–Crippen MR) is 76.1 cm³/mol. The van der Waals surface area contributed by atoms with E-state index in [-0.39, 0.29) is 18.4 Å². The molecule has 0 radical (unpaired) electrons. The summed E-state index contributed by atoms with van der Waals surface area (Å²) in [6.45, 7) is 1.74. The number of carbonyl (C=O) groups is 4. The number of esters is 4. The Labute approximate surface area is 136 Å². The molecule has 2 saturated heterocycles. The Hall–Kier alpha value is -2.54. The number of hydrogen-bond acceptors (Lipinski definition) is 7. The molecule has 2 heterocycles. The van der Waals surface area contributed by atoms with Crippen LogP contribution < -0.4 is 0 Å². The molecule has 4 unspecified atom stereocenters. The van der Waals surface area contributed by atoms with Gasteiger partial charge in [-0.15, -0.1) is 0 Å². The second-order valence-electron chi connectivity index (χ2n) is 6.74. The molecule has 1 aliphatic carbocycles. The van der Waals surface area contributed by atoms with Crippen LogP contribution in [0.15, 0.2) is 24.3 Å². The van der Waals surface area contributed by atoms with Crippen LogP contribution in [0, 0.1) is 11.8 Å². The number of aliphatic hydroxyl groups is 1. The van der Waals surface area contributed by atoms with E-state index in [9.17, 15) is 24.3 Å². The van der Waals surface area contributed by atoms with Crippen molar-refractivity contribution in [2.75, 3.05) is 0 Å². The summed E-state index contributed by atoms with van der Waals surface area (Å²) < 4.78 is 9.33.